The summed E-state index contributed by atoms with van der Waals surface area (Å²) in [4.78, 5) is 6.90. The minimum absolute atomic E-state index is 0.00104. The predicted molar refractivity (Wildman–Crippen MR) is 74.5 cm³/mol. The Morgan fingerprint density at radius 1 is 1.33 bits per heavy atom. The first-order chi connectivity index (χ1) is 8.67. The van der Waals surface area contributed by atoms with Crippen LogP contribution >= 0.6 is 0 Å². The van der Waals surface area contributed by atoms with E-state index in [-0.39, 0.29) is 5.54 Å². The van der Waals surface area contributed by atoms with Crippen LogP contribution in [-0.4, -0.2) is 23.4 Å². The monoisotopic (exact) mass is 243 g/mol. The Bertz CT molecular complexity index is 473. The second-order valence-electron chi connectivity index (χ2n) is 5.53. The van der Waals surface area contributed by atoms with E-state index in [1.807, 2.05) is 0 Å². The first kappa shape index (κ1) is 11.6. The summed E-state index contributed by atoms with van der Waals surface area (Å²) in [6.07, 6.45) is 3.56. The fraction of sp³-hybridized carbons (Fsp3) is 0.533. The molecule has 1 aliphatic heterocycles. The highest BCUT2D eigenvalue weighted by atomic mass is 15.4. The van der Waals surface area contributed by atoms with Crippen LogP contribution in [0.25, 0.3) is 0 Å². The number of hydrogen-bond donors (Lipinski definition) is 1. The second kappa shape index (κ2) is 4.01. The fourth-order valence-corrected chi connectivity index (χ4v) is 3.03. The van der Waals surface area contributed by atoms with Gasteiger partial charge in [-0.15, -0.1) is 0 Å². The van der Waals surface area contributed by atoms with E-state index in [0.29, 0.717) is 6.04 Å². The van der Waals surface area contributed by atoms with Crippen LogP contribution in [0.1, 0.15) is 37.3 Å². The first-order valence-electron chi connectivity index (χ1n) is 6.84. The summed E-state index contributed by atoms with van der Waals surface area (Å²) in [7, 11) is 0. The Kier molecular flexibility index (Phi) is 2.58. The summed E-state index contributed by atoms with van der Waals surface area (Å²) in [6.45, 7) is 5.17. The quantitative estimate of drug-likeness (QED) is 0.885. The zero-order valence-corrected chi connectivity index (χ0v) is 11.2. The van der Waals surface area contributed by atoms with E-state index in [0.717, 1.165) is 18.9 Å². The third-order valence-corrected chi connectivity index (χ3v) is 4.30. The van der Waals surface area contributed by atoms with Crippen LogP contribution in [0.2, 0.25) is 0 Å². The Morgan fingerprint density at radius 3 is 2.56 bits per heavy atom. The van der Waals surface area contributed by atoms with E-state index >= 15 is 0 Å². The summed E-state index contributed by atoms with van der Waals surface area (Å²) in [5.74, 6) is 0.736. The minimum Gasteiger partial charge on any atom is -0.370 e. The molecular formula is C15H21N3. The number of nitrogens with two attached hydrogens (primary N) is 1. The normalized spacial score (nSPS) is 27.4. The van der Waals surface area contributed by atoms with Crippen molar-refractivity contribution in [2.45, 2.75) is 44.7 Å². The molecule has 1 aromatic rings. The predicted octanol–water partition coefficient (Wildman–Crippen LogP) is 2.39. The van der Waals surface area contributed by atoms with Crippen molar-refractivity contribution >= 4 is 5.96 Å². The molecule has 1 fully saturated rings. The lowest BCUT2D eigenvalue weighted by Gasteiger charge is -2.39. The smallest absolute Gasteiger partial charge is 0.192 e. The fourth-order valence-electron chi connectivity index (χ4n) is 3.03. The van der Waals surface area contributed by atoms with Gasteiger partial charge in [0.05, 0.1) is 12.1 Å². The van der Waals surface area contributed by atoms with E-state index in [1.165, 1.54) is 24.0 Å². The van der Waals surface area contributed by atoms with Gasteiger partial charge in [0.25, 0.3) is 0 Å². The molecule has 1 unspecified atom stereocenters. The zero-order valence-electron chi connectivity index (χ0n) is 11.2. The van der Waals surface area contributed by atoms with Crippen molar-refractivity contribution in [1.82, 2.24) is 4.90 Å². The standard InChI is InChI=1S/C15H21N3/c1-3-15(12-6-4-11(2)5-7-12)10-17-14(16)18(15)13-8-9-13/h4-7,13H,3,8-10H2,1-2H3,(H2,16,17). The SMILES string of the molecule is CCC1(c2ccc(C)cc2)CN=C(N)N1C1CC1. The van der Waals surface area contributed by atoms with Crippen molar-refractivity contribution in [3.8, 4) is 0 Å². The third-order valence-electron chi connectivity index (χ3n) is 4.30. The summed E-state index contributed by atoms with van der Waals surface area (Å²) >= 11 is 0. The number of benzene rings is 1. The Labute approximate surface area is 109 Å². The van der Waals surface area contributed by atoms with Gasteiger partial charge < -0.3 is 10.6 Å². The van der Waals surface area contributed by atoms with E-state index in [9.17, 15) is 0 Å². The highest BCUT2D eigenvalue weighted by Crippen LogP contribution is 2.43. The van der Waals surface area contributed by atoms with Gasteiger partial charge in [-0.2, -0.15) is 0 Å². The van der Waals surface area contributed by atoms with Gasteiger partial charge in [-0.05, 0) is 31.7 Å². The maximum atomic E-state index is 6.11. The molecule has 1 aliphatic carbocycles. The molecule has 0 amide bonds. The van der Waals surface area contributed by atoms with Crippen molar-refractivity contribution in [3.05, 3.63) is 35.4 Å². The van der Waals surface area contributed by atoms with Gasteiger partial charge in [0.15, 0.2) is 5.96 Å². The number of hydrogen-bond acceptors (Lipinski definition) is 3. The van der Waals surface area contributed by atoms with Crippen molar-refractivity contribution in [3.63, 3.8) is 0 Å². The molecule has 2 N–H and O–H groups in total. The molecule has 3 nitrogen and oxygen atoms in total. The topological polar surface area (TPSA) is 41.6 Å². The average molecular weight is 243 g/mol. The van der Waals surface area contributed by atoms with Crippen LogP contribution in [0.4, 0.5) is 0 Å². The Morgan fingerprint density at radius 2 is 2.00 bits per heavy atom. The summed E-state index contributed by atoms with van der Waals surface area (Å²) in [5.41, 5.74) is 8.77. The maximum absolute atomic E-state index is 6.11. The van der Waals surface area contributed by atoms with Crippen LogP contribution in [0.3, 0.4) is 0 Å². The lowest BCUT2D eigenvalue weighted by atomic mass is 9.85. The summed E-state index contributed by atoms with van der Waals surface area (Å²) in [6, 6.07) is 9.46. The summed E-state index contributed by atoms with van der Waals surface area (Å²) < 4.78 is 0. The van der Waals surface area contributed by atoms with Gasteiger partial charge in [-0.1, -0.05) is 36.8 Å². The summed E-state index contributed by atoms with van der Waals surface area (Å²) in [5, 5.41) is 0. The van der Waals surface area contributed by atoms with Crippen LogP contribution in [-0.2, 0) is 5.54 Å². The Balaban J connectivity index is 2.01. The first-order valence-corrected chi connectivity index (χ1v) is 6.84. The number of nitrogens with zero attached hydrogens (tertiary/aromatic N) is 2. The molecular weight excluding hydrogens is 222 g/mol. The Hall–Kier alpha value is -1.51. The van der Waals surface area contributed by atoms with Crippen LogP contribution in [0.15, 0.2) is 29.3 Å². The number of aryl methyl sites for hydroxylation is 1. The number of rotatable bonds is 3. The van der Waals surface area contributed by atoms with Crippen LogP contribution in [0.5, 0.6) is 0 Å². The van der Waals surface area contributed by atoms with Gasteiger partial charge in [-0.25, -0.2) is 0 Å². The lowest BCUT2D eigenvalue weighted by molar-refractivity contribution is 0.185. The van der Waals surface area contributed by atoms with Crippen molar-refractivity contribution in [1.29, 1.82) is 0 Å². The molecule has 1 aromatic carbocycles. The van der Waals surface area contributed by atoms with Gasteiger partial charge >= 0.3 is 0 Å². The third kappa shape index (κ3) is 1.61. The highest BCUT2D eigenvalue weighted by molar-refractivity contribution is 5.82. The largest absolute Gasteiger partial charge is 0.370 e. The zero-order chi connectivity index (χ0) is 12.8. The molecule has 18 heavy (non-hydrogen) atoms. The van der Waals surface area contributed by atoms with Gasteiger partial charge in [0.2, 0.25) is 0 Å². The van der Waals surface area contributed by atoms with E-state index < -0.39 is 0 Å². The van der Waals surface area contributed by atoms with Crippen molar-refractivity contribution in [2.24, 2.45) is 10.7 Å². The number of aliphatic imine (C=N–C) groups is 1. The van der Waals surface area contributed by atoms with E-state index in [4.69, 9.17) is 5.73 Å². The van der Waals surface area contributed by atoms with E-state index in [2.05, 4.69) is 48.0 Å². The molecule has 0 bridgehead atoms. The van der Waals surface area contributed by atoms with Crippen molar-refractivity contribution < 1.29 is 0 Å². The van der Waals surface area contributed by atoms with E-state index in [1.54, 1.807) is 0 Å². The molecule has 0 saturated heterocycles. The van der Waals surface area contributed by atoms with Gasteiger partial charge in [-0.3, -0.25) is 4.99 Å². The molecule has 0 aromatic heterocycles. The van der Waals surface area contributed by atoms with Crippen molar-refractivity contribution in [2.75, 3.05) is 6.54 Å². The average Bonchev–Trinajstić information content (AvgIpc) is 3.15. The molecule has 0 spiro atoms. The molecule has 0 radical (unpaired) electrons. The molecule has 1 saturated carbocycles. The van der Waals surface area contributed by atoms with Crippen LogP contribution in [0, 0.1) is 6.92 Å². The molecule has 2 aliphatic rings. The minimum atomic E-state index is -0.00104. The molecule has 3 heteroatoms. The second-order valence-corrected chi connectivity index (χ2v) is 5.53. The number of guanidine groups is 1. The molecule has 3 rings (SSSR count). The molecule has 1 heterocycles. The maximum Gasteiger partial charge on any atom is 0.192 e. The van der Waals surface area contributed by atoms with Gasteiger partial charge in [0, 0.05) is 6.04 Å². The lowest BCUT2D eigenvalue weighted by Crippen LogP contribution is -2.50. The molecule has 96 valence electrons. The molecule has 1 atom stereocenters. The van der Waals surface area contributed by atoms with Gasteiger partial charge in [0.1, 0.15) is 0 Å². The highest BCUT2D eigenvalue weighted by Gasteiger charge is 2.48. The van der Waals surface area contributed by atoms with Crippen LogP contribution < -0.4 is 5.73 Å².